The number of aromatic nitrogens is 4. The van der Waals surface area contributed by atoms with Crippen molar-refractivity contribution in [1.82, 2.24) is 24.9 Å². The quantitative estimate of drug-likeness (QED) is 0.647. The summed E-state index contributed by atoms with van der Waals surface area (Å²) in [5.74, 6) is -0.768. The Morgan fingerprint density at radius 2 is 1.96 bits per heavy atom. The smallest absolute Gasteiger partial charge is 0.314 e. The molecule has 0 spiro atoms. The molecule has 0 aliphatic heterocycles. The lowest BCUT2D eigenvalue weighted by molar-refractivity contribution is -0.148. The minimum Gasteiger partial charge on any atom is -0.455 e. The summed E-state index contributed by atoms with van der Waals surface area (Å²) in [6, 6.07) is 6.57. The summed E-state index contributed by atoms with van der Waals surface area (Å²) in [5, 5.41) is 6.79. The Balaban J connectivity index is 1.49. The van der Waals surface area contributed by atoms with E-state index in [1.807, 2.05) is 19.9 Å². The second-order valence-electron chi connectivity index (χ2n) is 6.48. The topological polar surface area (TPSA) is 98.5 Å². The van der Waals surface area contributed by atoms with Gasteiger partial charge < -0.3 is 10.1 Å². The van der Waals surface area contributed by atoms with Crippen LogP contribution in [0.5, 0.6) is 0 Å². The molecule has 0 aliphatic carbocycles. The van der Waals surface area contributed by atoms with Gasteiger partial charge in [-0.25, -0.2) is 13.9 Å². The van der Waals surface area contributed by atoms with E-state index in [2.05, 4.69) is 20.4 Å². The molecule has 1 N–H and O–H groups in total. The fourth-order valence-electron chi connectivity index (χ4n) is 2.61. The molecular formula is C19H20FN5O3. The van der Waals surface area contributed by atoms with Gasteiger partial charge in [-0.3, -0.25) is 9.59 Å². The largest absolute Gasteiger partial charge is 0.455 e. The molecule has 1 aromatic carbocycles. The van der Waals surface area contributed by atoms with Gasteiger partial charge in [0, 0.05) is 17.9 Å². The Kier molecular flexibility index (Phi) is 5.62. The van der Waals surface area contributed by atoms with Gasteiger partial charge in [0.15, 0.2) is 12.4 Å². The number of nitrogens with zero attached hydrogens (tertiary/aromatic N) is 4. The monoisotopic (exact) mass is 385 g/mol. The zero-order chi connectivity index (χ0) is 20.3. The standard InChI is InChI=1S/C19H20FN5O3/c1-11-4-5-14(7-15(11)20)9-21-17(26)10-28-18(27)8-16-23-19-22-12(2)6-13(3)25(19)24-16/h4-7H,8-10H2,1-3H3,(H,21,26). The van der Waals surface area contributed by atoms with E-state index in [-0.39, 0.29) is 24.6 Å². The maximum Gasteiger partial charge on any atom is 0.314 e. The Morgan fingerprint density at radius 3 is 2.71 bits per heavy atom. The third-order valence-corrected chi connectivity index (χ3v) is 4.05. The number of halogens is 1. The number of esters is 1. The first-order valence-corrected chi connectivity index (χ1v) is 8.69. The zero-order valence-corrected chi connectivity index (χ0v) is 15.8. The highest BCUT2D eigenvalue weighted by Crippen LogP contribution is 2.09. The highest BCUT2D eigenvalue weighted by molar-refractivity contribution is 5.80. The van der Waals surface area contributed by atoms with E-state index in [0.29, 0.717) is 16.9 Å². The number of rotatable bonds is 6. The number of hydrogen-bond donors (Lipinski definition) is 1. The fraction of sp³-hybridized carbons (Fsp3) is 0.316. The summed E-state index contributed by atoms with van der Waals surface area (Å²) in [6.45, 7) is 5.08. The molecule has 9 heteroatoms. The lowest BCUT2D eigenvalue weighted by atomic mass is 10.1. The lowest BCUT2D eigenvalue weighted by Crippen LogP contribution is -2.28. The van der Waals surface area contributed by atoms with Crippen molar-refractivity contribution >= 4 is 17.7 Å². The third-order valence-electron chi connectivity index (χ3n) is 4.05. The normalized spacial score (nSPS) is 10.9. The lowest BCUT2D eigenvalue weighted by Gasteiger charge is -2.07. The minimum atomic E-state index is -0.623. The molecule has 1 amide bonds. The van der Waals surface area contributed by atoms with Crippen molar-refractivity contribution in [2.45, 2.75) is 33.7 Å². The number of aryl methyl sites for hydroxylation is 3. The van der Waals surface area contributed by atoms with Crippen molar-refractivity contribution in [2.75, 3.05) is 6.61 Å². The Labute approximate surface area is 160 Å². The van der Waals surface area contributed by atoms with E-state index in [9.17, 15) is 14.0 Å². The van der Waals surface area contributed by atoms with Crippen molar-refractivity contribution < 1.29 is 18.7 Å². The first kappa shape index (κ1) is 19.4. The molecule has 3 rings (SSSR count). The SMILES string of the molecule is Cc1cc(C)n2nc(CC(=O)OCC(=O)NCc3ccc(C)c(F)c3)nc2n1. The zero-order valence-electron chi connectivity index (χ0n) is 15.8. The van der Waals surface area contributed by atoms with Crippen LogP contribution in [0, 0.1) is 26.6 Å². The Bertz CT molecular complexity index is 1050. The van der Waals surface area contributed by atoms with Gasteiger partial charge in [-0.05, 0) is 44.0 Å². The van der Waals surface area contributed by atoms with Crippen molar-refractivity contribution in [3.8, 4) is 0 Å². The van der Waals surface area contributed by atoms with Gasteiger partial charge in [-0.15, -0.1) is 5.10 Å². The molecule has 8 nitrogen and oxygen atoms in total. The van der Waals surface area contributed by atoms with Crippen LogP contribution in [-0.4, -0.2) is 38.1 Å². The maximum absolute atomic E-state index is 13.5. The number of carbonyl (C=O) groups is 2. The summed E-state index contributed by atoms with van der Waals surface area (Å²) in [7, 11) is 0. The van der Waals surface area contributed by atoms with Crippen LogP contribution in [0.15, 0.2) is 24.3 Å². The molecule has 0 atom stereocenters. The van der Waals surface area contributed by atoms with Gasteiger partial charge in [0.05, 0.1) is 0 Å². The number of fused-ring (bicyclic) bond motifs is 1. The van der Waals surface area contributed by atoms with Gasteiger partial charge in [0.25, 0.3) is 11.7 Å². The number of nitrogens with one attached hydrogen (secondary N) is 1. The van der Waals surface area contributed by atoms with E-state index < -0.39 is 18.5 Å². The molecule has 2 aromatic heterocycles. The van der Waals surface area contributed by atoms with E-state index in [0.717, 1.165) is 11.4 Å². The van der Waals surface area contributed by atoms with E-state index >= 15 is 0 Å². The molecule has 28 heavy (non-hydrogen) atoms. The average Bonchev–Trinajstić information content (AvgIpc) is 3.03. The van der Waals surface area contributed by atoms with Crippen LogP contribution in [0.25, 0.3) is 5.78 Å². The van der Waals surface area contributed by atoms with Gasteiger partial charge in [0.1, 0.15) is 12.2 Å². The van der Waals surface area contributed by atoms with E-state index in [1.165, 1.54) is 6.07 Å². The molecule has 0 radical (unpaired) electrons. The third kappa shape index (κ3) is 4.67. The molecule has 3 aromatic rings. The van der Waals surface area contributed by atoms with Gasteiger partial charge >= 0.3 is 5.97 Å². The minimum absolute atomic E-state index is 0.145. The summed E-state index contributed by atoms with van der Waals surface area (Å²) in [5.41, 5.74) is 2.80. The number of carbonyl (C=O) groups excluding carboxylic acids is 2. The molecule has 0 unspecified atom stereocenters. The predicted octanol–water partition coefficient (Wildman–Crippen LogP) is 1.59. The molecular weight excluding hydrogens is 365 g/mol. The van der Waals surface area contributed by atoms with Gasteiger partial charge in [-0.2, -0.15) is 4.98 Å². The van der Waals surface area contributed by atoms with Gasteiger partial charge in [-0.1, -0.05) is 12.1 Å². The van der Waals surface area contributed by atoms with E-state index in [4.69, 9.17) is 4.74 Å². The van der Waals surface area contributed by atoms with Gasteiger partial charge in [0.2, 0.25) is 0 Å². The van der Waals surface area contributed by atoms with Crippen LogP contribution in [0.4, 0.5) is 4.39 Å². The van der Waals surface area contributed by atoms with Crippen LogP contribution in [0.2, 0.25) is 0 Å². The molecule has 0 saturated heterocycles. The van der Waals surface area contributed by atoms with E-state index in [1.54, 1.807) is 23.6 Å². The number of hydrogen-bond acceptors (Lipinski definition) is 6. The number of amides is 1. The summed E-state index contributed by atoms with van der Waals surface area (Å²) in [4.78, 5) is 32.2. The maximum atomic E-state index is 13.5. The molecule has 0 saturated carbocycles. The first-order valence-electron chi connectivity index (χ1n) is 8.69. The molecule has 0 bridgehead atoms. The summed E-state index contributed by atoms with van der Waals surface area (Å²) < 4.78 is 20.0. The molecule has 0 fully saturated rings. The highest BCUT2D eigenvalue weighted by Gasteiger charge is 2.14. The number of ether oxygens (including phenoxy) is 1. The molecule has 146 valence electrons. The van der Waals surface area contributed by atoms with Crippen molar-refractivity contribution in [3.05, 3.63) is 58.4 Å². The van der Waals surface area contributed by atoms with Crippen molar-refractivity contribution in [2.24, 2.45) is 0 Å². The summed E-state index contributed by atoms with van der Waals surface area (Å²) in [6.07, 6.45) is -0.168. The summed E-state index contributed by atoms with van der Waals surface area (Å²) >= 11 is 0. The Hall–Kier alpha value is -3.36. The van der Waals surface area contributed by atoms with Crippen LogP contribution >= 0.6 is 0 Å². The van der Waals surface area contributed by atoms with Crippen molar-refractivity contribution in [1.29, 1.82) is 0 Å². The first-order chi connectivity index (χ1) is 13.3. The van der Waals surface area contributed by atoms with Crippen LogP contribution in [0.1, 0.15) is 28.3 Å². The second-order valence-corrected chi connectivity index (χ2v) is 6.48. The molecule has 0 aliphatic rings. The van der Waals surface area contributed by atoms with Crippen LogP contribution in [0.3, 0.4) is 0 Å². The fourth-order valence-corrected chi connectivity index (χ4v) is 2.61. The predicted molar refractivity (Wildman–Crippen MR) is 97.9 cm³/mol. The Morgan fingerprint density at radius 1 is 1.18 bits per heavy atom. The molecule has 2 heterocycles. The highest BCUT2D eigenvalue weighted by atomic mass is 19.1. The van der Waals surface area contributed by atoms with Crippen LogP contribution < -0.4 is 5.32 Å². The van der Waals surface area contributed by atoms with Crippen LogP contribution in [-0.2, 0) is 27.3 Å². The number of benzene rings is 1. The second kappa shape index (κ2) is 8.12. The average molecular weight is 385 g/mol. The van der Waals surface area contributed by atoms with Crippen molar-refractivity contribution in [3.63, 3.8) is 0 Å².